The number of carboxylic acid groups (broad SMARTS) is 1. The van der Waals surface area contributed by atoms with E-state index < -0.39 is 0 Å². The second-order valence-corrected chi connectivity index (χ2v) is 7.98. The maximum Gasteiger partial charge on any atom is 0.290 e. The lowest BCUT2D eigenvalue weighted by Crippen LogP contribution is -2.41. The van der Waals surface area contributed by atoms with Crippen LogP contribution in [-0.2, 0) is 9.53 Å². The number of pyridine rings is 1. The molecule has 2 aromatic heterocycles. The van der Waals surface area contributed by atoms with Crippen molar-refractivity contribution < 1.29 is 28.6 Å². The van der Waals surface area contributed by atoms with E-state index in [9.17, 15) is 14.4 Å². The monoisotopic (exact) mass is 429 g/mol. The molecule has 2 amide bonds. The maximum absolute atomic E-state index is 12.9. The van der Waals surface area contributed by atoms with Gasteiger partial charge in [0.2, 0.25) is 5.56 Å². The smallest absolute Gasteiger partial charge is 0.290 e. The summed E-state index contributed by atoms with van der Waals surface area (Å²) in [6, 6.07) is 4.58. The highest BCUT2D eigenvalue weighted by atomic mass is 16.5. The first-order valence-electron chi connectivity index (χ1n) is 10.0. The normalized spacial score (nSPS) is 27.9. The summed E-state index contributed by atoms with van der Waals surface area (Å²) in [6.45, 7) is 1.37. The van der Waals surface area contributed by atoms with Gasteiger partial charge in [0.05, 0.1) is 30.1 Å². The summed E-state index contributed by atoms with van der Waals surface area (Å²) in [5, 5.41) is 9.87. The highest BCUT2D eigenvalue weighted by Gasteiger charge is 2.63. The zero-order chi connectivity index (χ0) is 22.0. The van der Waals surface area contributed by atoms with Gasteiger partial charge >= 0.3 is 0 Å². The minimum absolute atomic E-state index is 0.117. The molecule has 1 spiro atoms. The van der Waals surface area contributed by atoms with Crippen LogP contribution in [0.4, 0.5) is 0 Å². The van der Waals surface area contributed by atoms with Crippen LogP contribution >= 0.6 is 0 Å². The lowest BCUT2D eigenvalue weighted by molar-refractivity contribution is -0.122. The Kier molecular flexibility index (Phi) is 5.64. The third-order valence-electron chi connectivity index (χ3n) is 6.37. The highest BCUT2D eigenvalue weighted by molar-refractivity contribution is 5.94. The van der Waals surface area contributed by atoms with Gasteiger partial charge in [0, 0.05) is 42.8 Å². The Labute approximate surface area is 177 Å². The third kappa shape index (κ3) is 3.86. The van der Waals surface area contributed by atoms with Gasteiger partial charge in [-0.05, 0) is 25.0 Å². The van der Waals surface area contributed by atoms with Crippen molar-refractivity contribution in [2.24, 2.45) is 11.8 Å². The van der Waals surface area contributed by atoms with Crippen LogP contribution in [0.25, 0.3) is 0 Å². The molecule has 3 aliphatic heterocycles. The number of rotatable bonds is 4. The molecule has 31 heavy (non-hydrogen) atoms. The molecule has 10 nitrogen and oxygen atoms in total. The summed E-state index contributed by atoms with van der Waals surface area (Å²) in [4.78, 5) is 49.3. The summed E-state index contributed by atoms with van der Waals surface area (Å²) in [5.74, 6) is 0.0338. The van der Waals surface area contributed by atoms with Crippen molar-refractivity contribution in [2.75, 3.05) is 19.6 Å². The number of furan rings is 1. The van der Waals surface area contributed by atoms with Gasteiger partial charge in [0.1, 0.15) is 6.26 Å². The molecule has 3 aliphatic rings. The van der Waals surface area contributed by atoms with Crippen LogP contribution in [0.3, 0.4) is 0 Å². The largest absolute Gasteiger partial charge is 0.483 e. The number of nitrogens with zero attached hydrogens (tertiary/aromatic N) is 1. The van der Waals surface area contributed by atoms with E-state index in [4.69, 9.17) is 19.1 Å². The van der Waals surface area contributed by atoms with Gasteiger partial charge in [-0.2, -0.15) is 0 Å². The van der Waals surface area contributed by atoms with Crippen molar-refractivity contribution in [3.8, 4) is 0 Å². The average molecular weight is 429 g/mol. The molecule has 0 radical (unpaired) electrons. The molecule has 0 aromatic carbocycles. The van der Waals surface area contributed by atoms with Crippen LogP contribution in [0.5, 0.6) is 0 Å². The zero-order valence-corrected chi connectivity index (χ0v) is 16.7. The summed E-state index contributed by atoms with van der Waals surface area (Å²) >= 11 is 0. The van der Waals surface area contributed by atoms with E-state index in [2.05, 4.69) is 10.3 Å². The van der Waals surface area contributed by atoms with Crippen LogP contribution in [0.15, 0.2) is 46.1 Å². The standard InChI is InChI=1S/C20H21N3O5.CH2O2/c24-17-7-12(2-5-21-17)19(26)23-9-15-14(16-1-4-20(15,11-23)28-16)8-22-18(25)13-3-6-27-10-13;2-1-3/h2-3,5-7,10,14-16H,1,4,8-9,11H2,(H,21,24)(H,22,25);1H,(H,2,3)/t14-,15+,16+,20+;/m0./s1. The Morgan fingerprint density at radius 3 is 2.87 bits per heavy atom. The van der Waals surface area contributed by atoms with E-state index in [0.717, 1.165) is 12.8 Å². The van der Waals surface area contributed by atoms with Crippen LogP contribution in [-0.4, -0.2) is 64.6 Å². The maximum atomic E-state index is 12.9. The fourth-order valence-electron chi connectivity index (χ4n) is 5.08. The SMILES string of the molecule is O=C(NC[C@H]1[C@H]2CN(C(=O)c3cc[nH]c(=O)c3)C[C@]23CC[C@H]1O3)c1ccoc1.O=CO. The van der Waals surface area contributed by atoms with Crippen molar-refractivity contribution >= 4 is 18.3 Å². The number of hydrogen-bond acceptors (Lipinski definition) is 6. The van der Waals surface area contributed by atoms with Gasteiger partial charge in [-0.25, -0.2) is 0 Å². The van der Waals surface area contributed by atoms with Crippen LogP contribution in [0.1, 0.15) is 33.6 Å². The zero-order valence-electron chi connectivity index (χ0n) is 16.7. The minimum atomic E-state index is -0.327. The Bertz CT molecular complexity index is 1020. The van der Waals surface area contributed by atoms with Crippen molar-refractivity contribution in [3.63, 3.8) is 0 Å². The second kappa shape index (κ2) is 8.38. The predicted molar refractivity (Wildman–Crippen MR) is 107 cm³/mol. The van der Waals surface area contributed by atoms with E-state index >= 15 is 0 Å². The first-order valence-corrected chi connectivity index (χ1v) is 10.0. The number of H-pyrrole nitrogens is 1. The van der Waals surface area contributed by atoms with Crippen molar-refractivity contribution in [3.05, 3.63) is 58.4 Å². The van der Waals surface area contributed by atoms with Crippen molar-refractivity contribution in [1.82, 2.24) is 15.2 Å². The van der Waals surface area contributed by atoms with E-state index in [0.29, 0.717) is 30.8 Å². The lowest BCUT2D eigenvalue weighted by atomic mass is 9.73. The second-order valence-electron chi connectivity index (χ2n) is 7.98. The molecular formula is C21H23N3O7. The Hall–Kier alpha value is -3.40. The first kappa shape index (κ1) is 20.9. The molecule has 3 saturated heterocycles. The van der Waals surface area contributed by atoms with Gasteiger partial charge < -0.3 is 29.5 Å². The highest BCUT2D eigenvalue weighted by Crippen LogP contribution is 2.54. The fraction of sp³-hybridized carbons (Fsp3) is 0.429. The predicted octanol–water partition coefficient (Wildman–Crippen LogP) is 0.718. The van der Waals surface area contributed by atoms with Crippen molar-refractivity contribution in [2.45, 2.75) is 24.5 Å². The van der Waals surface area contributed by atoms with Gasteiger partial charge in [-0.3, -0.25) is 19.2 Å². The molecule has 2 aromatic rings. The van der Waals surface area contributed by atoms with E-state index in [-0.39, 0.29) is 47.4 Å². The summed E-state index contributed by atoms with van der Waals surface area (Å²) < 4.78 is 11.3. The molecule has 4 atom stereocenters. The van der Waals surface area contributed by atoms with Crippen molar-refractivity contribution in [1.29, 1.82) is 0 Å². The van der Waals surface area contributed by atoms with E-state index in [1.54, 1.807) is 17.0 Å². The number of likely N-dealkylation sites (tertiary alicyclic amines) is 1. The Morgan fingerprint density at radius 2 is 2.16 bits per heavy atom. The van der Waals surface area contributed by atoms with Gasteiger partial charge in [-0.1, -0.05) is 0 Å². The molecule has 164 valence electrons. The number of ether oxygens (including phenoxy) is 1. The number of fused-ring (bicyclic) bond motifs is 1. The molecule has 3 N–H and O–H groups in total. The Morgan fingerprint density at radius 1 is 1.35 bits per heavy atom. The number of carbonyl (C=O) groups excluding carboxylic acids is 2. The quantitative estimate of drug-likeness (QED) is 0.608. The molecule has 5 heterocycles. The fourth-order valence-corrected chi connectivity index (χ4v) is 5.08. The van der Waals surface area contributed by atoms with Gasteiger partial charge in [0.15, 0.2) is 0 Å². The summed E-state index contributed by atoms with van der Waals surface area (Å²) in [5.41, 5.74) is 0.267. The first-order chi connectivity index (χ1) is 15.0. The van der Waals surface area contributed by atoms with Gasteiger partial charge in [-0.15, -0.1) is 0 Å². The number of amides is 2. The lowest BCUT2D eigenvalue weighted by Gasteiger charge is -2.29. The summed E-state index contributed by atoms with van der Waals surface area (Å²) in [6.07, 6.45) is 6.36. The van der Waals surface area contributed by atoms with E-state index in [1.165, 1.54) is 24.8 Å². The molecule has 0 saturated carbocycles. The molecule has 10 heteroatoms. The number of aromatic amines is 1. The minimum Gasteiger partial charge on any atom is -0.483 e. The molecular weight excluding hydrogens is 406 g/mol. The number of hydrogen-bond donors (Lipinski definition) is 3. The Balaban J connectivity index is 0.000000730. The third-order valence-corrected chi connectivity index (χ3v) is 6.37. The molecule has 3 fully saturated rings. The summed E-state index contributed by atoms with van der Waals surface area (Å²) in [7, 11) is 0. The molecule has 0 aliphatic carbocycles. The number of nitrogens with one attached hydrogen (secondary N) is 2. The molecule has 0 unspecified atom stereocenters. The number of aromatic nitrogens is 1. The van der Waals surface area contributed by atoms with Crippen LogP contribution in [0.2, 0.25) is 0 Å². The molecule has 2 bridgehead atoms. The molecule has 5 rings (SSSR count). The topological polar surface area (TPSA) is 142 Å². The van der Waals surface area contributed by atoms with Crippen LogP contribution < -0.4 is 10.9 Å². The number of carbonyl (C=O) groups is 3. The van der Waals surface area contributed by atoms with Crippen LogP contribution in [0, 0.1) is 11.8 Å². The van der Waals surface area contributed by atoms with Gasteiger partial charge in [0.25, 0.3) is 18.3 Å². The average Bonchev–Trinajstić information content (AvgIpc) is 3.53. The van der Waals surface area contributed by atoms with E-state index in [1.807, 2.05) is 0 Å².